The number of piperazine rings is 1. The molecule has 20 heavy (non-hydrogen) atoms. The molecule has 0 spiro atoms. The van der Waals surface area contributed by atoms with Gasteiger partial charge in [0.1, 0.15) is 0 Å². The van der Waals surface area contributed by atoms with Gasteiger partial charge in [-0.2, -0.15) is 0 Å². The summed E-state index contributed by atoms with van der Waals surface area (Å²) < 4.78 is 0. The van der Waals surface area contributed by atoms with Crippen molar-refractivity contribution in [1.29, 1.82) is 0 Å². The molecule has 3 heterocycles. The highest BCUT2D eigenvalue weighted by molar-refractivity contribution is 5.78. The first-order chi connectivity index (χ1) is 9.83. The van der Waals surface area contributed by atoms with Crippen molar-refractivity contribution in [2.24, 2.45) is 0 Å². The zero-order chi connectivity index (χ0) is 13.8. The van der Waals surface area contributed by atoms with Crippen molar-refractivity contribution in [3.05, 3.63) is 0 Å². The molecule has 1 unspecified atom stereocenters. The molecule has 0 aliphatic carbocycles. The van der Waals surface area contributed by atoms with Crippen LogP contribution in [0.3, 0.4) is 0 Å². The molecule has 1 N–H and O–H groups in total. The molecule has 1 atom stereocenters. The molecule has 5 heteroatoms. The average molecular weight is 280 g/mol. The van der Waals surface area contributed by atoms with E-state index in [-0.39, 0.29) is 0 Å². The van der Waals surface area contributed by atoms with Gasteiger partial charge >= 0.3 is 0 Å². The molecule has 0 saturated carbocycles. The summed E-state index contributed by atoms with van der Waals surface area (Å²) in [7, 11) is 0. The first-order valence-electron chi connectivity index (χ1n) is 8.28. The minimum absolute atomic E-state index is 0.325. The second kappa shape index (κ2) is 6.87. The van der Waals surface area contributed by atoms with Crippen LogP contribution in [-0.4, -0.2) is 85.6 Å². The first kappa shape index (κ1) is 14.3. The number of nitrogens with zero attached hydrogens (tertiary/aromatic N) is 3. The fraction of sp³-hybridized carbons (Fsp3) is 0.933. The Labute approximate surface area is 122 Å². The zero-order valence-corrected chi connectivity index (χ0v) is 12.5. The van der Waals surface area contributed by atoms with Crippen molar-refractivity contribution in [2.45, 2.75) is 31.7 Å². The van der Waals surface area contributed by atoms with Crippen molar-refractivity contribution in [3.8, 4) is 0 Å². The minimum Gasteiger partial charge on any atom is -0.339 e. The lowest BCUT2D eigenvalue weighted by atomic mass is 10.1. The largest absolute Gasteiger partial charge is 0.339 e. The third-order valence-corrected chi connectivity index (χ3v) is 4.98. The van der Waals surface area contributed by atoms with E-state index in [0.29, 0.717) is 18.5 Å². The van der Waals surface area contributed by atoms with E-state index in [4.69, 9.17) is 0 Å². The second-order valence-electron chi connectivity index (χ2n) is 6.41. The summed E-state index contributed by atoms with van der Waals surface area (Å²) in [5.74, 6) is 0.325. The van der Waals surface area contributed by atoms with Gasteiger partial charge < -0.3 is 10.2 Å². The molecular formula is C15H28N4O. The standard InChI is InChI=1S/C15H28N4O/c20-15(19-10-5-16-6-11-19)13-17-9-4-14(12-17)18-7-2-1-3-8-18/h14,16H,1-13H2. The number of hydrogen-bond acceptors (Lipinski definition) is 4. The van der Waals surface area contributed by atoms with Crippen LogP contribution in [0.1, 0.15) is 25.7 Å². The number of carbonyl (C=O) groups is 1. The summed E-state index contributed by atoms with van der Waals surface area (Å²) in [4.78, 5) is 19.3. The SMILES string of the molecule is O=C(CN1CCC(N2CCCCC2)C1)N1CCNCC1. The number of piperidine rings is 1. The van der Waals surface area contributed by atoms with E-state index in [1.54, 1.807) is 0 Å². The lowest BCUT2D eigenvalue weighted by Gasteiger charge is -2.32. The highest BCUT2D eigenvalue weighted by Crippen LogP contribution is 2.20. The molecule has 0 bridgehead atoms. The summed E-state index contributed by atoms with van der Waals surface area (Å²) in [5, 5.41) is 3.30. The normalized spacial score (nSPS) is 29.8. The molecule has 0 aromatic rings. The maximum Gasteiger partial charge on any atom is 0.236 e. The van der Waals surface area contributed by atoms with Crippen molar-refractivity contribution < 1.29 is 4.79 Å². The Balaban J connectivity index is 1.43. The van der Waals surface area contributed by atoms with Crippen LogP contribution in [-0.2, 0) is 4.79 Å². The molecule has 0 radical (unpaired) electrons. The van der Waals surface area contributed by atoms with Gasteiger partial charge in [-0.3, -0.25) is 14.6 Å². The summed E-state index contributed by atoms with van der Waals surface area (Å²) in [6, 6.07) is 0.700. The van der Waals surface area contributed by atoms with Crippen molar-refractivity contribution in [1.82, 2.24) is 20.0 Å². The molecule has 3 fully saturated rings. The summed E-state index contributed by atoms with van der Waals surface area (Å²) in [6.07, 6.45) is 5.36. The maximum absolute atomic E-state index is 12.3. The first-order valence-corrected chi connectivity index (χ1v) is 8.28. The molecule has 3 rings (SSSR count). The van der Waals surface area contributed by atoms with Gasteiger partial charge in [-0.1, -0.05) is 6.42 Å². The van der Waals surface area contributed by atoms with Crippen LogP contribution in [0.4, 0.5) is 0 Å². The zero-order valence-electron chi connectivity index (χ0n) is 12.5. The van der Waals surface area contributed by atoms with Gasteiger partial charge in [0.25, 0.3) is 0 Å². The Morgan fingerprint density at radius 3 is 2.50 bits per heavy atom. The summed E-state index contributed by atoms with van der Waals surface area (Å²) in [6.45, 7) is 9.00. The monoisotopic (exact) mass is 280 g/mol. The van der Waals surface area contributed by atoms with Gasteiger partial charge in [0.05, 0.1) is 6.54 Å². The van der Waals surface area contributed by atoms with Crippen LogP contribution in [0.25, 0.3) is 0 Å². The van der Waals surface area contributed by atoms with Gasteiger partial charge in [-0.15, -0.1) is 0 Å². The topological polar surface area (TPSA) is 38.8 Å². The van der Waals surface area contributed by atoms with Gasteiger partial charge in [-0.05, 0) is 32.4 Å². The van der Waals surface area contributed by atoms with Crippen LogP contribution < -0.4 is 5.32 Å². The Morgan fingerprint density at radius 2 is 1.75 bits per heavy atom. The summed E-state index contributed by atoms with van der Waals surface area (Å²) in [5.41, 5.74) is 0. The van der Waals surface area contributed by atoms with E-state index in [0.717, 1.165) is 39.3 Å². The molecule has 0 aromatic carbocycles. The molecule has 114 valence electrons. The van der Waals surface area contributed by atoms with Crippen molar-refractivity contribution in [3.63, 3.8) is 0 Å². The number of hydrogen-bond donors (Lipinski definition) is 1. The van der Waals surface area contributed by atoms with Crippen LogP contribution in [0.2, 0.25) is 0 Å². The van der Waals surface area contributed by atoms with Crippen LogP contribution in [0.5, 0.6) is 0 Å². The van der Waals surface area contributed by atoms with Crippen LogP contribution in [0.15, 0.2) is 0 Å². The number of carbonyl (C=O) groups excluding carboxylic acids is 1. The molecule has 3 aliphatic rings. The van der Waals surface area contributed by atoms with Crippen molar-refractivity contribution in [2.75, 3.05) is 58.9 Å². The van der Waals surface area contributed by atoms with Crippen molar-refractivity contribution >= 4 is 5.91 Å². The van der Waals surface area contributed by atoms with Gasteiger partial charge in [0.2, 0.25) is 5.91 Å². The fourth-order valence-electron chi connectivity index (χ4n) is 3.74. The number of rotatable bonds is 3. The van der Waals surface area contributed by atoms with Gasteiger partial charge in [-0.25, -0.2) is 0 Å². The van der Waals surface area contributed by atoms with E-state index in [1.165, 1.54) is 38.8 Å². The Hall–Kier alpha value is -0.650. The molecule has 1 amide bonds. The van der Waals surface area contributed by atoms with E-state index >= 15 is 0 Å². The van der Waals surface area contributed by atoms with E-state index in [2.05, 4.69) is 15.1 Å². The Kier molecular flexibility index (Phi) is 4.91. The molecule has 0 aromatic heterocycles. The molecule has 3 saturated heterocycles. The Bertz CT molecular complexity index is 324. The predicted molar refractivity (Wildman–Crippen MR) is 79.7 cm³/mol. The third-order valence-electron chi connectivity index (χ3n) is 4.98. The lowest BCUT2D eigenvalue weighted by molar-refractivity contribution is -0.132. The third kappa shape index (κ3) is 3.51. The highest BCUT2D eigenvalue weighted by atomic mass is 16.2. The average Bonchev–Trinajstić information content (AvgIpc) is 2.97. The number of likely N-dealkylation sites (tertiary alicyclic amines) is 2. The quantitative estimate of drug-likeness (QED) is 0.788. The smallest absolute Gasteiger partial charge is 0.236 e. The second-order valence-corrected chi connectivity index (χ2v) is 6.41. The molecular weight excluding hydrogens is 252 g/mol. The molecule has 3 aliphatic heterocycles. The molecule has 5 nitrogen and oxygen atoms in total. The van der Waals surface area contributed by atoms with Gasteiger partial charge in [0, 0.05) is 45.3 Å². The Morgan fingerprint density at radius 1 is 1.00 bits per heavy atom. The number of amides is 1. The minimum atomic E-state index is 0.325. The van der Waals surface area contributed by atoms with Crippen LogP contribution >= 0.6 is 0 Å². The predicted octanol–water partition coefficient (Wildman–Crippen LogP) is -0.0216. The maximum atomic E-state index is 12.3. The highest BCUT2D eigenvalue weighted by Gasteiger charge is 2.30. The van der Waals surface area contributed by atoms with E-state index in [9.17, 15) is 4.79 Å². The van der Waals surface area contributed by atoms with Crippen LogP contribution in [0, 0.1) is 0 Å². The summed E-state index contributed by atoms with van der Waals surface area (Å²) >= 11 is 0. The fourth-order valence-corrected chi connectivity index (χ4v) is 3.74. The number of nitrogens with one attached hydrogen (secondary N) is 1. The van der Waals surface area contributed by atoms with E-state index in [1.807, 2.05) is 4.90 Å². The van der Waals surface area contributed by atoms with Gasteiger partial charge in [0.15, 0.2) is 0 Å². The lowest BCUT2D eigenvalue weighted by Crippen LogP contribution is -2.49. The van der Waals surface area contributed by atoms with E-state index < -0.39 is 0 Å².